The largest absolute Gasteiger partial charge is 0.388 e. The number of nitrogens with zero attached hydrogens (tertiary/aromatic N) is 1. The second kappa shape index (κ2) is 6.96. The summed E-state index contributed by atoms with van der Waals surface area (Å²) in [6, 6.07) is 5.31. The first-order valence-corrected chi connectivity index (χ1v) is 9.87. The Morgan fingerprint density at radius 2 is 2.24 bits per heavy atom. The molecule has 2 rings (SSSR count). The zero-order valence-corrected chi connectivity index (χ0v) is 15.0. The first-order chi connectivity index (χ1) is 9.77. The van der Waals surface area contributed by atoms with Crippen molar-refractivity contribution in [2.45, 2.75) is 25.4 Å². The number of rotatable bonds is 4. The van der Waals surface area contributed by atoms with Crippen molar-refractivity contribution >= 4 is 37.6 Å². The molecule has 2 unspecified atom stereocenters. The van der Waals surface area contributed by atoms with Crippen LogP contribution in [-0.4, -0.2) is 37.2 Å². The van der Waals surface area contributed by atoms with Gasteiger partial charge in [-0.15, -0.1) is 0 Å². The Hall–Kier alpha value is -0.140. The van der Waals surface area contributed by atoms with Crippen molar-refractivity contribution in [1.82, 2.24) is 4.31 Å². The Bertz CT molecular complexity index is 608. The molecule has 1 N–H and O–H groups in total. The van der Waals surface area contributed by atoms with Gasteiger partial charge in [0.25, 0.3) is 0 Å². The predicted octanol–water partition coefficient (Wildman–Crippen LogP) is 3.20. The Balaban J connectivity index is 2.05. The Kier molecular flexibility index (Phi) is 5.71. The maximum Gasteiger partial charge on any atom is 0.211 e. The molecule has 0 aliphatic carbocycles. The molecule has 0 bridgehead atoms. The molecule has 118 valence electrons. The lowest BCUT2D eigenvalue weighted by Gasteiger charge is -2.32. The molecule has 0 spiro atoms. The molecule has 1 saturated heterocycles. The summed E-state index contributed by atoms with van der Waals surface area (Å²) in [5, 5.41) is 11.0. The first kappa shape index (κ1) is 17.2. The molecule has 4 nitrogen and oxygen atoms in total. The van der Waals surface area contributed by atoms with E-state index in [0.29, 0.717) is 24.5 Å². The normalized spacial score (nSPS) is 22.2. The van der Waals surface area contributed by atoms with Crippen LogP contribution >= 0.6 is 27.5 Å². The van der Waals surface area contributed by atoms with E-state index in [1.54, 1.807) is 12.1 Å². The highest BCUT2D eigenvalue weighted by Gasteiger charge is 2.28. The molecule has 1 fully saturated rings. The quantitative estimate of drug-likeness (QED) is 0.850. The Morgan fingerprint density at radius 3 is 2.90 bits per heavy atom. The Labute approximate surface area is 139 Å². The molecule has 1 aromatic carbocycles. The maximum absolute atomic E-state index is 11.6. The molecular weight excluding hydrogens is 378 g/mol. The van der Waals surface area contributed by atoms with Crippen LogP contribution in [0.25, 0.3) is 0 Å². The van der Waals surface area contributed by atoms with E-state index in [9.17, 15) is 13.5 Å². The number of halogens is 2. The second-order valence-electron chi connectivity index (χ2n) is 5.55. The highest BCUT2D eigenvalue weighted by Crippen LogP contribution is 2.33. The van der Waals surface area contributed by atoms with E-state index >= 15 is 0 Å². The van der Waals surface area contributed by atoms with E-state index in [1.807, 2.05) is 6.07 Å². The molecule has 0 amide bonds. The average molecular weight is 397 g/mol. The van der Waals surface area contributed by atoms with Gasteiger partial charge in [0.2, 0.25) is 10.0 Å². The molecule has 21 heavy (non-hydrogen) atoms. The van der Waals surface area contributed by atoms with Crippen molar-refractivity contribution in [3.63, 3.8) is 0 Å². The van der Waals surface area contributed by atoms with Gasteiger partial charge in [-0.1, -0.05) is 27.5 Å². The molecule has 0 saturated carbocycles. The number of sulfonamides is 1. The third-order valence-corrected chi connectivity index (χ3v) is 6.05. The van der Waals surface area contributed by atoms with Crippen LogP contribution in [0, 0.1) is 5.92 Å². The van der Waals surface area contributed by atoms with E-state index in [4.69, 9.17) is 11.6 Å². The highest BCUT2D eigenvalue weighted by molar-refractivity contribution is 9.10. The molecule has 0 aromatic heterocycles. The van der Waals surface area contributed by atoms with Crippen molar-refractivity contribution in [1.29, 1.82) is 0 Å². The van der Waals surface area contributed by atoms with Gasteiger partial charge in [0.15, 0.2) is 0 Å². The molecule has 1 aliphatic rings. The van der Waals surface area contributed by atoms with Gasteiger partial charge in [-0.2, -0.15) is 0 Å². The maximum atomic E-state index is 11.6. The van der Waals surface area contributed by atoms with Crippen molar-refractivity contribution in [3.05, 3.63) is 33.3 Å². The number of hydrogen-bond acceptors (Lipinski definition) is 3. The number of benzene rings is 1. The first-order valence-electron chi connectivity index (χ1n) is 6.85. The third kappa shape index (κ3) is 4.66. The summed E-state index contributed by atoms with van der Waals surface area (Å²) in [6.07, 6.45) is 2.88. The Morgan fingerprint density at radius 1 is 1.52 bits per heavy atom. The molecule has 2 atom stereocenters. The summed E-state index contributed by atoms with van der Waals surface area (Å²) >= 11 is 9.38. The van der Waals surface area contributed by atoms with Crippen LogP contribution in [0.3, 0.4) is 0 Å². The fourth-order valence-electron chi connectivity index (χ4n) is 2.73. The summed E-state index contributed by atoms with van der Waals surface area (Å²) in [4.78, 5) is 0. The monoisotopic (exact) mass is 395 g/mol. The molecular formula is C14H19BrClNO3S. The van der Waals surface area contributed by atoms with Gasteiger partial charge in [-0.05, 0) is 48.9 Å². The summed E-state index contributed by atoms with van der Waals surface area (Å²) in [7, 11) is -3.15. The van der Waals surface area contributed by atoms with Crippen LogP contribution in [0.5, 0.6) is 0 Å². The van der Waals surface area contributed by atoms with Gasteiger partial charge < -0.3 is 5.11 Å². The van der Waals surface area contributed by atoms with Crippen LogP contribution in [-0.2, 0) is 10.0 Å². The number of aliphatic hydroxyl groups excluding tert-OH is 1. The number of hydrogen-bond donors (Lipinski definition) is 1. The minimum absolute atomic E-state index is 0.161. The van der Waals surface area contributed by atoms with Crippen LogP contribution in [0.2, 0.25) is 5.02 Å². The van der Waals surface area contributed by atoms with Gasteiger partial charge >= 0.3 is 0 Å². The van der Waals surface area contributed by atoms with Gasteiger partial charge in [-0.25, -0.2) is 12.7 Å². The number of piperidine rings is 1. The lowest BCUT2D eigenvalue weighted by atomic mass is 9.91. The standard InChI is InChI=1S/C14H19BrClNO3S/c1-21(19,20)17-6-2-3-10(9-17)7-14(18)12-8-11(16)4-5-13(12)15/h4-5,8,10,14,18H,2-3,6-7,9H2,1H3. The summed E-state index contributed by atoms with van der Waals surface area (Å²) in [6.45, 7) is 1.06. The van der Waals surface area contributed by atoms with Gasteiger partial charge in [0, 0.05) is 22.6 Å². The topological polar surface area (TPSA) is 57.6 Å². The fourth-order valence-corrected chi connectivity index (χ4v) is 4.37. The van der Waals surface area contributed by atoms with Crippen LogP contribution in [0.1, 0.15) is 30.9 Å². The molecule has 1 aromatic rings. The van der Waals surface area contributed by atoms with E-state index < -0.39 is 16.1 Å². The summed E-state index contributed by atoms with van der Waals surface area (Å²) in [5.74, 6) is 0.161. The minimum atomic E-state index is -3.15. The van der Waals surface area contributed by atoms with Gasteiger partial charge in [0.05, 0.1) is 12.4 Å². The van der Waals surface area contributed by atoms with Crippen molar-refractivity contribution in [2.75, 3.05) is 19.3 Å². The SMILES string of the molecule is CS(=O)(=O)N1CCCC(CC(O)c2cc(Cl)ccc2Br)C1. The van der Waals surface area contributed by atoms with Crippen LogP contribution < -0.4 is 0 Å². The highest BCUT2D eigenvalue weighted by atomic mass is 79.9. The van der Waals surface area contributed by atoms with Crippen LogP contribution in [0.4, 0.5) is 0 Å². The van der Waals surface area contributed by atoms with Crippen molar-refractivity contribution in [3.8, 4) is 0 Å². The fraction of sp³-hybridized carbons (Fsp3) is 0.571. The summed E-state index contributed by atoms with van der Waals surface area (Å²) < 4.78 is 25.6. The van der Waals surface area contributed by atoms with E-state index in [2.05, 4.69) is 15.9 Å². The van der Waals surface area contributed by atoms with E-state index in [0.717, 1.165) is 22.9 Å². The molecule has 7 heteroatoms. The molecule has 1 aliphatic heterocycles. The smallest absolute Gasteiger partial charge is 0.211 e. The molecule has 0 radical (unpaired) electrons. The second-order valence-corrected chi connectivity index (χ2v) is 8.82. The predicted molar refractivity (Wildman–Crippen MR) is 87.9 cm³/mol. The van der Waals surface area contributed by atoms with E-state index in [-0.39, 0.29) is 5.92 Å². The zero-order valence-electron chi connectivity index (χ0n) is 11.8. The lowest BCUT2D eigenvalue weighted by Crippen LogP contribution is -2.39. The van der Waals surface area contributed by atoms with Gasteiger partial charge in [0.1, 0.15) is 0 Å². The van der Waals surface area contributed by atoms with E-state index in [1.165, 1.54) is 10.6 Å². The lowest BCUT2D eigenvalue weighted by molar-refractivity contribution is 0.122. The average Bonchev–Trinajstić information content (AvgIpc) is 2.41. The van der Waals surface area contributed by atoms with Crippen LogP contribution in [0.15, 0.2) is 22.7 Å². The third-order valence-electron chi connectivity index (χ3n) is 3.82. The zero-order chi connectivity index (χ0) is 15.6. The summed E-state index contributed by atoms with van der Waals surface area (Å²) in [5.41, 5.74) is 0.749. The molecule has 1 heterocycles. The van der Waals surface area contributed by atoms with Gasteiger partial charge in [-0.3, -0.25) is 0 Å². The van der Waals surface area contributed by atoms with Crippen molar-refractivity contribution < 1.29 is 13.5 Å². The minimum Gasteiger partial charge on any atom is -0.388 e. The number of aliphatic hydroxyl groups is 1. The van der Waals surface area contributed by atoms with Crippen molar-refractivity contribution in [2.24, 2.45) is 5.92 Å².